The lowest BCUT2D eigenvalue weighted by Gasteiger charge is -2.06. The molecule has 0 aromatic heterocycles. The number of phenolic OH excluding ortho intramolecular Hbond substituents is 1. The third-order valence-electron chi connectivity index (χ3n) is 1.76. The van der Waals surface area contributed by atoms with Gasteiger partial charge < -0.3 is 9.84 Å². The minimum atomic E-state index is -0.908. The smallest absolute Gasteiger partial charge is 0.342 e. The van der Waals surface area contributed by atoms with E-state index in [4.69, 9.17) is 21.6 Å². The number of hydrazone groups is 1. The second-order valence-electron chi connectivity index (χ2n) is 2.86. The van der Waals surface area contributed by atoms with Gasteiger partial charge in [0.15, 0.2) is 17.6 Å². The first-order valence-corrected chi connectivity index (χ1v) is 4.76. The Morgan fingerprint density at radius 3 is 3.00 bits per heavy atom. The number of ether oxygens (including phenoxy) is 1. The molecule has 0 radical (unpaired) electrons. The topological polar surface area (TPSA) is 94.7 Å². The maximum Gasteiger partial charge on any atom is 0.342 e. The number of methoxy groups -OCH3 is 1. The molecule has 2 N–H and O–H groups in total. The largest absolute Gasteiger partial charge is 0.504 e. The van der Waals surface area contributed by atoms with Crippen molar-refractivity contribution in [1.82, 2.24) is 5.43 Å². The van der Waals surface area contributed by atoms with Gasteiger partial charge in [0.2, 0.25) is 0 Å². The van der Waals surface area contributed by atoms with Gasteiger partial charge >= 0.3 is 5.91 Å². The van der Waals surface area contributed by atoms with E-state index in [1.807, 2.05) is 5.43 Å². The number of carbonyl (C=O) groups is 1. The van der Waals surface area contributed by atoms with Gasteiger partial charge in [0, 0.05) is 16.7 Å². The fraction of sp³-hybridized carbons (Fsp3) is 0.100. The summed E-state index contributed by atoms with van der Waals surface area (Å²) in [4.78, 5) is 10.6. The predicted octanol–water partition coefficient (Wildman–Crippen LogP) is 1.03. The molecule has 7 heteroatoms. The van der Waals surface area contributed by atoms with Gasteiger partial charge in [-0.05, 0) is 6.07 Å². The maximum atomic E-state index is 10.6. The van der Waals surface area contributed by atoms with Crippen LogP contribution in [-0.2, 0) is 4.79 Å². The Kier molecular flexibility index (Phi) is 4.31. The van der Waals surface area contributed by atoms with Crippen molar-refractivity contribution in [3.8, 4) is 17.6 Å². The van der Waals surface area contributed by atoms with Crippen LogP contribution in [0.3, 0.4) is 0 Å². The molecule has 88 valence electrons. The quantitative estimate of drug-likeness (QED) is 0.478. The molecule has 0 saturated heterocycles. The molecule has 0 aliphatic heterocycles. The van der Waals surface area contributed by atoms with Crippen molar-refractivity contribution in [2.24, 2.45) is 5.10 Å². The summed E-state index contributed by atoms with van der Waals surface area (Å²) in [5, 5.41) is 21.7. The van der Waals surface area contributed by atoms with E-state index >= 15 is 0 Å². The summed E-state index contributed by atoms with van der Waals surface area (Å²) >= 11 is 5.78. The standard InChI is InChI=1S/C10H8ClN3O3/c1-17-8-3-7(11)2-6(10(8)16)5-13-14-9(15)4-12/h2-3,5,16H,1H3,(H,14,15)/b13-5+. The second-order valence-corrected chi connectivity index (χ2v) is 3.29. The second kappa shape index (κ2) is 5.72. The molecule has 0 fully saturated rings. The number of carbonyl (C=O) groups excluding carboxylic acids is 1. The van der Waals surface area contributed by atoms with Gasteiger partial charge in [-0.2, -0.15) is 10.4 Å². The Morgan fingerprint density at radius 2 is 2.41 bits per heavy atom. The van der Waals surface area contributed by atoms with Gasteiger partial charge in [-0.15, -0.1) is 0 Å². The fourth-order valence-corrected chi connectivity index (χ4v) is 1.25. The van der Waals surface area contributed by atoms with Crippen molar-refractivity contribution in [3.63, 3.8) is 0 Å². The summed E-state index contributed by atoms with van der Waals surface area (Å²) in [5.41, 5.74) is 2.20. The summed E-state index contributed by atoms with van der Waals surface area (Å²) in [5.74, 6) is -0.882. The van der Waals surface area contributed by atoms with Crippen LogP contribution in [0, 0.1) is 11.3 Å². The SMILES string of the molecule is COc1cc(Cl)cc(/C=N/NC(=O)C#N)c1O. The van der Waals surface area contributed by atoms with E-state index in [1.165, 1.54) is 25.3 Å². The minimum absolute atomic E-state index is 0.160. The van der Waals surface area contributed by atoms with Crippen LogP contribution in [-0.4, -0.2) is 24.3 Å². The fourth-order valence-electron chi connectivity index (χ4n) is 1.03. The number of nitrogens with one attached hydrogen (secondary N) is 1. The molecular formula is C10H8ClN3O3. The first-order chi connectivity index (χ1) is 8.08. The maximum absolute atomic E-state index is 10.6. The normalized spacial score (nSPS) is 9.94. The zero-order valence-electron chi connectivity index (χ0n) is 8.77. The third kappa shape index (κ3) is 3.36. The van der Waals surface area contributed by atoms with E-state index in [-0.39, 0.29) is 17.1 Å². The van der Waals surface area contributed by atoms with Crippen LogP contribution in [0.1, 0.15) is 5.56 Å². The van der Waals surface area contributed by atoms with E-state index in [9.17, 15) is 9.90 Å². The number of halogens is 1. The molecule has 6 nitrogen and oxygen atoms in total. The Balaban J connectivity index is 2.95. The van der Waals surface area contributed by atoms with Gasteiger partial charge in [0.05, 0.1) is 13.3 Å². The van der Waals surface area contributed by atoms with Gasteiger partial charge in [-0.1, -0.05) is 11.6 Å². The predicted molar refractivity (Wildman–Crippen MR) is 61.0 cm³/mol. The molecule has 17 heavy (non-hydrogen) atoms. The summed E-state index contributed by atoms with van der Waals surface area (Å²) in [6.45, 7) is 0. The van der Waals surface area contributed by atoms with E-state index in [0.29, 0.717) is 5.02 Å². The van der Waals surface area contributed by atoms with Crippen LogP contribution in [0.5, 0.6) is 11.5 Å². The molecule has 1 rings (SSSR count). The van der Waals surface area contributed by atoms with Crippen molar-refractivity contribution >= 4 is 23.7 Å². The lowest BCUT2D eigenvalue weighted by Crippen LogP contribution is -2.14. The minimum Gasteiger partial charge on any atom is -0.504 e. The Labute approximate surface area is 102 Å². The average molecular weight is 254 g/mol. The van der Waals surface area contributed by atoms with Crippen molar-refractivity contribution in [1.29, 1.82) is 5.26 Å². The zero-order chi connectivity index (χ0) is 12.8. The van der Waals surface area contributed by atoms with E-state index < -0.39 is 5.91 Å². The Bertz CT molecular complexity index is 508. The van der Waals surface area contributed by atoms with Gasteiger partial charge in [-0.25, -0.2) is 5.43 Å². The molecule has 0 saturated carbocycles. The van der Waals surface area contributed by atoms with Crippen molar-refractivity contribution in [2.45, 2.75) is 0 Å². The molecule has 0 aliphatic rings. The number of aromatic hydroxyl groups is 1. The monoisotopic (exact) mass is 253 g/mol. The average Bonchev–Trinajstić information content (AvgIpc) is 2.32. The summed E-state index contributed by atoms with van der Waals surface area (Å²) in [7, 11) is 1.38. The van der Waals surface area contributed by atoms with Crippen molar-refractivity contribution in [3.05, 3.63) is 22.7 Å². The highest BCUT2D eigenvalue weighted by Gasteiger charge is 2.08. The van der Waals surface area contributed by atoms with E-state index in [2.05, 4.69) is 5.10 Å². The molecular weight excluding hydrogens is 246 g/mol. The van der Waals surface area contributed by atoms with Crippen LogP contribution in [0.2, 0.25) is 5.02 Å². The first-order valence-electron chi connectivity index (χ1n) is 4.38. The zero-order valence-corrected chi connectivity index (χ0v) is 9.52. The van der Waals surface area contributed by atoms with E-state index in [0.717, 1.165) is 6.21 Å². The third-order valence-corrected chi connectivity index (χ3v) is 1.98. The highest BCUT2D eigenvalue weighted by Crippen LogP contribution is 2.32. The molecule has 0 spiro atoms. The summed E-state index contributed by atoms with van der Waals surface area (Å²) < 4.78 is 4.88. The molecule has 1 aromatic rings. The molecule has 0 atom stereocenters. The number of amides is 1. The molecule has 0 unspecified atom stereocenters. The summed E-state index contributed by atoms with van der Waals surface area (Å²) in [6.07, 6.45) is 1.15. The number of nitrogens with zero attached hydrogens (tertiary/aromatic N) is 2. The molecule has 1 aromatic carbocycles. The van der Waals surface area contributed by atoms with E-state index in [1.54, 1.807) is 0 Å². The van der Waals surface area contributed by atoms with Crippen molar-refractivity contribution < 1.29 is 14.6 Å². The number of nitriles is 1. The summed E-state index contributed by atoms with van der Waals surface area (Å²) in [6, 6.07) is 4.19. The molecule has 0 heterocycles. The lowest BCUT2D eigenvalue weighted by molar-refractivity contribution is -0.115. The van der Waals surface area contributed by atoms with Crippen LogP contribution in [0.15, 0.2) is 17.2 Å². The number of rotatable bonds is 3. The van der Waals surface area contributed by atoms with Gasteiger partial charge in [0.1, 0.15) is 0 Å². The van der Waals surface area contributed by atoms with Crippen LogP contribution < -0.4 is 10.2 Å². The first kappa shape index (κ1) is 12.8. The number of benzene rings is 1. The highest BCUT2D eigenvalue weighted by molar-refractivity contribution is 6.31. The Hall–Kier alpha value is -2.26. The van der Waals surface area contributed by atoms with Crippen LogP contribution in [0.25, 0.3) is 0 Å². The highest BCUT2D eigenvalue weighted by atomic mass is 35.5. The van der Waals surface area contributed by atoms with Crippen molar-refractivity contribution in [2.75, 3.05) is 7.11 Å². The van der Waals surface area contributed by atoms with Gasteiger partial charge in [-0.3, -0.25) is 4.79 Å². The number of hydrogen-bond acceptors (Lipinski definition) is 5. The lowest BCUT2D eigenvalue weighted by atomic mass is 10.2. The number of hydrogen-bond donors (Lipinski definition) is 2. The molecule has 1 amide bonds. The van der Waals surface area contributed by atoms with Gasteiger partial charge in [0.25, 0.3) is 0 Å². The van der Waals surface area contributed by atoms with Crippen LogP contribution >= 0.6 is 11.6 Å². The molecule has 0 bridgehead atoms. The molecule has 0 aliphatic carbocycles. The van der Waals surface area contributed by atoms with Crippen LogP contribution in [0.4, 0.5) is 0 Å². The Morgan fingerprint density at radius 1 is 1.71 bits per heavy atom. The number of phenols is 1.